The maximum absolute atomic E-state index is 12.6. The highest BCUT2D eigenvalue weighted by atomic mass is 16.5. The lowest BCUT2D eigenvalue weighted by Crippen LogP contribution is -2.42. The summed E-state index contributed by atoms with van der Waals surface area (Å²) in [5.41, 5.74) is 7.40. The van der Waals surface area contributed by atoms with Crippen molar-refractivity contribution in [2.24, 2.45) is 5.73 Å². The summed E-state index contributed by atoms with van der Waals surface area (Å²) < 4.78 is 10.4. The number of nitrogens with zero attached hydrogens (tertiary/aromatic N) is 1. The standard InChI is InChI=1S/C21H23N3O5/c1-28-18-11-15(8-9-17(18)29-13-19(22)25)21(27)23-12-20(26)24-10-4-6-14-5-2-3-7-16(14)24/h2-3,5,7-9,11H,4,6,10,12-13H2,1H3,(H2,22,25)(H,23,27). The second kappa shape index (κ2) is 9.09. The second-order valence-electron chi connectivity index (χ2n) is 6.58. The first-order chi connectivity index (χ1) is 14.0. The van der Waals surface area contributed by atoms with Crippen LogP contribution in [0.15, 0.2) is 42.5 Å². The van der Waals surface area contributed by atoms with Gasteiger partial charge in [-0.2, -0.15) is 0 Å². The Morgan fingerprint density at radius 1 is 1.14 bits per heavy atom. The molecule has 0 unspecified atom stereocenters. The van der Waals surface area contributed by atoms with Gasteiger partial charge < -0.3 is 25.4 Å². The lowest BCUT2D eigenvalue weighted by Gasteiger charge is -2.29. The molecule has 2 aromatic rings. The molecule has 0 atom stereocenters. The summed E-state index contributed by atoms with van der Waals surface area (Å²) in [6.45, 7) is 0.217. The van der Waals surface area contributed by atoms with Crippen molar-refractivity contribution in [2.45, 2.75) is 12.8 Å². The van der Waals surface area contributed by atoms with Crippen LogP contribution in [0.1, 0.15) is 22.3 Å². The molecule has 0 aliphatic carbocycles. The quantitative estimate of drug-likeness (QED) is 0.731. The summed E-state index contributed by atoms with van der Waals surface area (Å²) in [6.07, 6.45) is 1.83. The molecule has 1 aliphatic heterocycles. The fourth-order valence-electron chi connectivity index (χ4n) is 3.22. The molecule has 8 nitrogen and oxygen atoms in total. The maximum atomic E-state index is 12.6. The van der Waals surface area contributed by atoms with Crippen molar-refractivity contribution in [3.05, 3.63) is 53.6 Å². The average Bonchev–Trinajstić information content (AvgIpc) is 2.75. The average molecular weight is 397 g/mol. The van der Waals surface area contributed by atoms with Gasteiger partial charge in [0.1, 0.15) is 0 Å². The van der Waals surface area contributed by atoms with E-state index < -0.39 is 11.8 Å². The third kappa shape index (κ3) is 4.84. The van der Waals surface area contributed by atoms with Crippen LogP contribution in [0, 0.1) is 0 Å². The van der Waals surface area contributed by atoms with E-state index in [1.165, 1.54) is 25.3 Å². The van der Waals surface area contributed by atoms with Crippen LogP contribution in [0.2, 0.25) is 0 Å². The van der Waals surface area contributed by atoms with Gasteiger partial charge in [0.15, 0.2) is 18.1 Å². The van der Waals surface area contributed by atoms with Gasteiger partial charge in [-0.05, 0) is 42.7 Å². The molecule has 0 radical (unpaired) electrons. The van der Waals surface area contributed by atoms with Gasteiger partial charge in [0, 0.05) is 17.8 Å². The summed E-state index contributed by atoms with van der Waals surface area (Å²) >= 11 is 0. The van der Waals surface area contributed by atoms with Crippen molar-refractivity contribution in [1.82, 2.24) is 5.32 Å². The number of methoxy groups -OCH3 is 1. The van der Waals surface area contributed by atoms with E-state index in [0.29, 0.717) is 17.9 Å². The molecule has 0 fully saturated rings. The molecular weight excluding hydrogens is 374 g/mol. The number of primary amides is 1. The normalized spacial score (nSPS) is 12.7. The predicted octanol–water partition coefficient (Wildman–Crippen LogP) is 1.27. The molecule has 1 aliphatic rings. The van der Waals surface area contributed by atoms with Crippen LogP contribution in [0.4, 0.5) is 5.69 Å². The van der Waals surface area contributed by atoms with E-state index in [9.17, 15) is 14.4 Å². The summed E-state index contributed by atoms with van der Waals surface area (Å²) in [4.78, 5) is 37.7. The number of para-hydroxylation sites is 1. The van der Waals surface area contributed by atoms with Crippen LogP contribution in [0.3, 0.4) is 0 Å². The van der Waals surface area contributed by atoms with E-state index in [0.717, 1.165) is 24.1 Å². The molecular formula is C21H23N3O5. The number of carbonyl (C=O) groups is 3. The number of rotatable bonds is 7. The van der Waals surface area contributed by atoms with Crippen LogP contribution in [-0.2, 0) is 16.0 Å². The zero-order valence-corrected chi connectivity index (χ0v) is 16.1. The van der Waals surface area contributed by atoms with E-state index in [4.69, 9.17) is 15.2 Å². The van der Waals surface area contributed by atoms with Gasteiger partial charge in [0.2, 0.25) is 5.91 Å². The number of carbonyl (C=O) groups excluding carboxylic acids is 3. The van der Waals surface area contributed by atoms with Crippen molar-refractivity contribution in [3.8, 4) is 11.5 Å². The lowest BCUT2D eigenvalue weighted by molar-refractivity contribution is -0.120. The number of anilines is 1. The van der Waals surface area contributed by atoms with Gasteiger partial charge in [-0.15, -0.1) is 0 Å². The maximum Gasteiger partial charge on any atom is 0.255 e. The topological polar surface area (TPSA) is 111 Å². The number of ether oxygens (including phenoxy) is 2. The Kier molecular flexibility index (Phi) is 6.33. The number of hydrogen-bond acceptors (Lipinski definition) is 5. The first kappa shape index (κ1) is 20.2. The Morgan fingerprint density at radius 2 is 1.93 bits per heavy atom. The van der Waals surface area contributed by atoms with Gasteiger partial charge in [0.05, 0.1) is 13.7 Å². The van der Waals surface area contributed by atoms with Gasteiger partial charge in [-0.1, -0.05) is 18.2 Å². The molecule has 152 valence electrons. The van der Waals surface area contributed by atoms with E-state index in [2.05, 4.69) is 5.32 Å². The molecule has 3 N–H and O–H groups in total. The van der Waals surface area contributed by atoms with Gasteiger partial charge in [0.25, 0.3) is 11.8 Å². The number of hydrogen-bond donors (Lipinski definition) is 2. The number of amides is 3. The van der Waals surface area contributed by atoms with Crippen molar-refractivity contribution < 1.29 is 23.9 Å². The van der Waals surface area contributed by atoms with Gasteiger partial charge in [-0.3, -0.25) is 14.4 Å². The fraction of sp³-hybridized carbons (Fsp3) is 0.286. The first-order valence-electron chi connectivity index (χ1n) is 9.25. The number of aryl methyl sites for hydroxylation is 1. The summed E-state index contributed by atoms with van der Waals surface area (Å²) in [6, 6.07) is 12.3. The smallest absolute Gasteiger partial charge is 0.255 e. The van der Waals surface area contributed by atoms with Crippen molar-refractivity contribution in [2.75, 3.05) is 31.7 Å². The molecule has 0 aromatic heterocycles. The molecule has 0 spiro atoms. The van der Waals surface area contributed by atoms with Crippen molar-refractivity contribution in [3.63, 3.8) is 0 Å². The highest BCUT2D eigenvalue weighted by Crippen LogP contribution is 2.28. The minimum atomic E-state index is -0.619. The lowest BCUT2D eigenvalue weighted by atomic mass is 10.0. The molecule has 0 bridgehead atoms. The molecule has 2 aromatic carbocycles. The third-order valence-corrected chi connectivity index (χ3v) is 4.61. The van der Waals surface area contributed by atoms with Crippen LogP contribution < -0.4 is 25.4 Å². The summed E-state index contributed by atoms with van der Waals surface area (Å²) in [5.74, 6) is -0.618. The SMILES string of the molecule is COc1cc(C(=O)NCC(=O)N2CCCc3ccccc32)ccc1OCC(N)=O. The van der Waals surface area contributed by atoms with Crippen LogP contribution in [0.25, 0.3) is 0 Å². The van der Waals surface area contributed by atoms with E-state index >= 15 is 0 Å². The van der Waals surface area contributed by atoms with Crippen LogP contribution in [0.5, 0.6) is 11.5 Å². The van der Waals surface area contributed by atoms with E-state index in [1.807, 2.05) is 24.3 Å². The molecule has 0 saturated heterocycles. The molecule has 1 heterocycles. The largest absolute Gasteiger partial charge is 0.493 e. The second-order valence-corrected chi connectivity index (χ2v) is 6.58. The van der Waals surface area contributed by atoms with Gasteiger partial charge >= 0.3 is 0 Å². The number of benzene rings is 2. The Bertz CT molecular complexity index is 928. The summed E-state index contributed by atoms with van der Waals surface area (Å²) in [7, 11) is 1.42. The van der Waals surface area contributed by atoms with Gasteiger partial charge in [-0.25, -0.2) is 0 Å². The first-order valence-corrected chi connectivity index (χ1v) is 9.25. The minimum absolute atomic E-state index is 0.116. The molecule has 3 rings (SSSR count). The molecule has 8 heteroatoms. The molecule has 3 amide bonds. The number of fused-ring (bicyclic) bond motifs is 1. The third-order valence-electron chi connectivity index (χ3n) is 4.61. The Labute approximate surface area is 168 Å². The number of nitrogens with two attached hydrogens (primary N) is 1. The van der Waals surface area contributed by atoms with Crippen molar-refractivity contribution in [1.29, 1.82) is 0 Å². The molecule has 29 heavy (non-hydrogen) atoms. The van der Waals surface area contributed by atoms with Crippen LogP contribution in [-0.4, -0.2) is 44.5 Å². The number of nitrogens with one attached hydrogen (secondary N) is 1. The Balaban J connectivity index is 1.63. The van der Waals surface area contributed by atoms with E-state index in [-0.39, 0.29) is 24.8 Å². The fourth-order valence-corrected chi connectivity index (χ4v) is 3.22. The van der Waals surface area contributed by atoms with Crippen molar-refractivity contribution >= 4 is 23.4 Å². The minimum Gasteiger partial charge on any atom is -0.493 e. The zero-order chi connectivity index (χ0) is 20.8. The highest BCUT2D eigenvalue weighted by Gasteiger charge is 2.22. The predicted molar refractivity (Wildman–Crippen MR) is 107 cm³/mol. The Morgan fingerprint density at radius 3 is 2.69 bits per heavy atom. The highest BCUT2D eigenvalue weighted by molar-refractivity contribution is 6.01. The Hall–Kier alpha value is -3.55. The summed E-state index contributed by atoms with van der Waals surface area (Å²) in [5, 5.41) is 2.65. The molecule has 0 saturated carbocycles. The van der Waals surface area contributed by atoms with Crippen LogP contribution >= 0.6 is 0 Å². The zero-order valence-electron chi connectivity index (χ0n) is 16.1. The monoisotopic (exact) mass is 397 g/mol. The van der Waals surface area contributed by atoms with E-state index in [1.54, 1.807) is 4.90 Å².